The van der Waals surface area contributed by atoms with Crippen LogP contribution in [0.5, 0.6) is 5.75 Å². The highest BCUT2D eigenvalue weighted by atomic mass is 32.2. The summed E-state index contributed by atoms with van der Waals surface area (Å²) in [5.41, 5.74) is 1.76. The van der Waals surface area contributed by atoms with Gasteiger partial charge in [-0.25, -0.2) is 17.9 Å². The second kappa shape index (κ2) is 12.0. The number of methoxy groups -OCH3 is 2. The number of hydrogen-bond donors (Lipinski definition) is 5. The third-order valence-electron chi connectivity index (χ3n) is 5.85. The Balaban J connectivity index is 1.92. The lowest BCUT2D eigenvalue weighted by atomic mass is 10.1. The van der Waals surface area contributed by atoms with Crippen LogP contribution in [0.1, 0.15) is 42.4 Å². The third-order valence-corrected chi connectivity index (χ3v) is 7.49. The molecule has 0 aliphatic carbocycles. The molecule has 0 aromatic heterocycles. The highest BCUT2D eigenvalue weighted by Gasteiger charge is 2.28. The number of amides is 1. The lowest BCUT2D eigenvalue weighted by Crippen LogP contribution is -2.49. The van der Waals surface area contributed by atoms with Crippen molar-refractivity contribution in [2.24, 2.45) is 0 Å². The molecule has 34 heavy (non-hydrogen) atoms. The molecule has 1 aliphatic heterocycles. The zero-order chi connectivity index (χ0) is 25.5. The summed E-state index contributed by atoms with van der Waals surface area (Å²) in [6.07, 6.45) is 2.28. The average Bonchev–Trinajstić information content (AvgIpc) is 3.32. The van der Waals surface area contributed by atoms with Crippen molar-refractivity contribution in [2.45, 2.75) is 63.4 Å². The maximum absolute atomic E-state index is 12.9. The Bertz CT molecular complexity index is 1020. The van der Waals surface area contributed by atoms with Crippen LogP contribution >= 0.6 is 0 Å². The van der Waals surface area contributed by atoms with E-state index in [1.165, 1.54) is 14.2 Å². The van der Waals surface area contributed by atoms with E-state index in [1.807, 2.05) is 0 Å². The molecule has 1 aromatic carbocycles. The van der Waals surface area contributed by atoms with Crippen LogP contribution in [0.4, 0.5) is 0 Å². The van der Waals surface area contributed by atoms with Gasteiger partial charge in [0, 0.05) is 6.54 Å². The predicted octanol–water partition coefficient (Wildman–Crippen LogP) is 0.613. The molecule has 2 atom stereocenters. The lowest BCUT2D eigenvalue weighted by Gasteiger charge is -2.20. The fraction of sp³-hybridized carbons (Fsp3) is 0.591. The van der Waals surface area contributed by atoms with E-state index in [4.69, 9.17) is 14.9 Å². The molecule has 11 nitrogen and oxygen atoms in total. The van der Waals surface area contributed by atoms with Crippen LogP contribution in [-0.4, -0.2) is 65.6 Å². The minimum atomic E-state index is -4.00. The summed E-state index contributed by atoms with van der Waals surface area (Å²) in [6, 6.07) is 0.512. The number of carbonyl (C=O) groups is 2. The highest BCUT2D eigenvalue weighted by molar-refractivity contribution is 7.90. The zero-order valence-electron chi connectivity index (χ0n) is 20.3. The van der Waals surface area contributed by atoms with Gasteiger partial charge in [-0.3, -0.25) is 10.2 Å². The van der Waals surface area contributed by atoms with Crippen LogP contribution in [0.25, 0.3) is 0 Å². The van der Waals surface area contributed by atoms with Crippen molar-refractivity contribution in [3.8, 4) is 5.75 Å². The molecule has 12 heteroatoms. The summed E-state index contributed by atoms with van der Waals surface area (Å²) >= 11 is 0. The number of nitrogens with one attached hydrogen (secondary N) is 5. The smallest absolute Gasteiger partial charge is 0.328 e. The highest BCUT2D eigenvalue weighted by Crippen LogP contribution is 2.30. The molecule has 1 fully saturated rings. The minimum absolute atomic E-state index is 0.103. The molecule has 5 N–H and O–H groups in total. The molecule has 0 unspecified atom stereocenters. The van der Waals surface area contributed by atoms with Gasteiger partial charge in [0.15, 0.2) is 0 Å². The molecule has 1 aromatic rings. The topological polar surface area (TPSA) is 159 Å². The second-order valence-electron chi connectivity index (χ2n) is 8.26. The van der Waals surface area contributed by atoms with Crippen LogP contribution < -0.4 is 25.4 Å². The van der Waals surface area contributed by atoms with Gasteiger partial charge in [-0.15, -0.1) is 0 Å². The van der Waals surface area contributed by atoms with E-state index in [9.17, 15) is 18.0 Å². The van der Waals surface area contributed by atoms with E-state index in [2.05, 4.69) is 20.7 Å². The third kappa shape index (κ3) is 6.83. The van der Waals surface area contributed by atoms with Crippen LogP contribution in [0.15, 0.2) is 11.0 Å². The quantitative estimate of drug-likeness (QED) is 0.136. The molecule has 0 radical (unpaired) electrons. The maximum Gasteiger partial charge on any atom is 0.328 e. The van der Waals surface area contributed by atoms with Gasteiger partial charge in [-0.05, 0) is 75.8 Å². The molecule has 0 spiro atoms. The molecule has 0 saturated carbocycles. The second-order valence-corrected chi connectivity index (χ2v) is 9.88. The minimum Gasteiger partial charge on any atom is -0.496 e. The molecule has 1 saturated heterocycles. The summed E-state index contributed by atoms with van der Waals surface area (Å²) in [5.74, 6) is -0.593. The van der Waals surface area contributed by atoms with Crippen molar-refractivity contribution in [1.29, 1.82) is 5.41 Å². The van der Waals surface area contributed by atoms with Gasteiger partial charge in [0.25, 0.3) is 10.0 Å². The number of sulfonamides is 1. The number of ether oxygens (including phenoxy) is 2. The van der Waals surface area contributed by atoms with Gasteiger partial charge in [0.2, 0.25) is 11.9 Å². The van der Waals surface area contributed by atoms with E-state index in [-0.39, 0.29) is 35.8 Å². The van der Waals surface area contributed by atoms with Gasteiger partial charge < -0.3 is 25.4 Å². The van der Waals surface area contributed by atoms with E-state index < -0.39 is 22.0 Å². The Morgan fingerprint density at radius 3 is 2.53 bits per heavy atom. The fourth-order valence-corrected chi connectivity index (χ4v) is 5.44. The molecule has 0 bridgehead atoms. The van der Waals surface area contributed by atoms with E-state index in [1.54, 1.807) is 26.8 Å². The van der Waals surface area contributed by atoms with Crippen molar-refractivity contribution in [3.05, 3.63) is 22.8 Å². The van der Waals surface area contributed by atoms with Crippen molar-refractivity contribution < 1.29 is 27.5 Å². The molecule has 2 rings (SSSR count). The van der Waals surface area contributed by atoms with Crippen molar-refractivity contribution in [3.63, 3.8) is 0 Å². The summed E-state index contributed by atoms with van der Waals surface area (Å²) < 4.78 is 38.1. The van der Waals surface area contributed by atoms with Gasteiger partial charge in [0.05, 0.1) is 25.2 Å². The zero-order valence-corrected chi connectivity index (χ0v) is 21.1. The van der Waals surface area contributed by atoms with Crippen LogP contribution in [-0.2, 0) is 24.3 Å². The number of benzene rings is 1. The van der Waals surface area contributed by atoms with Crippen LogP contribution in [0, 0.1) is 26.2 Å². The molecule has 1 aliphatic rings. The molecule has 190 valence electrons. The molecular weight excluding hydrogens is 462 g/mol. The van der Waals surface area contributed by atoms with Gasteiger partial charge >= 0.3 is 5.97 Å². The Labute approximate surface area is 200 Å². The standard InChI is InChI=1S/C22H35N5O6S/c1-13-12-18(32-4)14(2)15(3)19(13)34(30,31)27-22(23)25-11-7-9-17(21(29)33-5)26-20(28)16-8-6-10-24-16/h12,16-17,24H,6-11H2,1-5H3,(H,26,28)(H3,23,25,27)/t16-,17-/m0/s1. The van der Waals surface area contributed by atoms with Crippen molar-refractivity contribution in [2.75, 3.05) is 27.3 Å². The van der Waals surface area contributed by atoms with Crippen molar-refractivity contribution in [1.82, 2.24) is 20.7 Å². The number of guanidine groups is 1. The first-order valence-electron chi connectivity index (χ1n) is 11.1. The normalized spacial score (nSPS) is 16.4. The van der Waals surface area contributed by atoms with E-state index in [0.29, 0.717) is 35.3 Å². The van der Waals surface area contributed by atoms with E-state index in [0.717, 1.165) is 13.0 Å². The predicted molar refractivity (Wildman–Crippen MR) is 127 cm³/mol. The summed E-state index contributed by atoms with van der Waals surface area (Å²) in [6.45, 7) is 6.11. The number of hydrogen-bond acceptors (Lipinski definition) is 8. The largest absolute Gasteiger partial charge is 0.496 e. The number of carbonyl (C=O) groups excluding carboxylic acids is 2. The molecular formula is C22H35N5O6S. The molecule has 1 amide bonds. The first-order chi connectivity index (χ1) is 16.0. The van der Waals surface area contributed by atoms with Crippen molar-refractivity contribution >= 4 is 27.9 Å². The molecule has 1 heterocycles. The SMILES string of the molecule is COC(=O)[C@H](CCCNC(=N)NS(=O)(=O)c1c(C)cc(OC)c(C)c1C)NC(=O)[C@@H]1CCCN1. The lowest BCUT2D eigenvalue weighted by molar-refractivity contribution is -0.145. The maximum atomic E-state index is 12.9. The van der Waals surface area contributed by atoms with Gasteiger partial charge in [-0.2, -0.15) is 0 Å². The Morgan fingerprint density at radius 1 is 1.24 bits per heavy atom. The Morgan fingerprint density at radius 2 is 1.94 bits per heavy atom. The van der Waals surface area contributed by atoms with Gasteiger partial charge in [0.1, 0.15) is 11.8 Å². The van der Waals surface area contributed by atoms with Crippen LogP contribution in [0.2, 0.25) is 0 Å². The fourth-order valence-electron chi connectivity index (χ4n) is 3.96. The monoisotopic (exact) mass is 497 g/mol. The summed E-state index contributed by atoms with van der Waals surface area (Å²) in [5, 5.41) is 16.5. The van der Waals surface area contributed by atoms with Crippen LogP contribution in [0.3, 0.4) is 0 Å². The Hall–Kier alpha value is -2.86. The first-order valence-corrected chi connectivity index (χ1v) is 12.6. The Kier molecular flexibility index (Phi) is 9.68. The summed E-state index contributed by atoms with van der Waals surface area (Å²) in [7, 11) is -1.22. The van der Waals surface area contributed by atoms with E-state index >= 15 is 0 Å². The number of rotatable bonds is 10. The average molecular weight is 498 g/mol. The summed E-state index contributed by atoms with van der Waals surface area (Å²) in [4.78, 5) is 24.5. The number of esters is 1. The number of aryl methyl sites for hydroxylation is 1. The van der Waals surface area contributed by atoms with Gasteiger partial charge in [-0.1, -0.05) is 0 Å². The first kappa shape index (κ1) is 27.4.